The molecule has 0 radical (unpaired) electrons. The molecule has 0 saturated carbocycles. The van der Waals surface area contributed by atoms with E-state index in [0.717, 1.165) is 16.8 Å². The third-order valence-corrected chi connectivity index (χ3v) is 2.97. The normalized spacial score (nSPS) is 11.7. The highest BCUT2D eigenvalue weighted by Crippen LogP contribution is 2.22. The van der Waals surface area contributed by atoms with Gasteiger partial charge in [0.25, 0.3) is 0 Å². The van der Waals surface area contributed by atoms with Gasteiger partial charge in [-0.05, 0) is 25.0 Å². The third kappa shape index (κ3) is 3.20. The van der Waals surface area contributed by atoms with Crippen LogP contribution in [0.15, 0.2) is 18.2 Å². The first kappa shape index (κ1) is 14.4. The van der Waals surface area contributed by atoms with Crippen LogP contribution < -0.4 is 11.1 Å². The van der Waals surface area contributed by atoms with Crippen LogP contribution in [-0.2, 0) is 9.53 Å². The van der Waals surface area contributed by atoms with Crippen LogP contribution in [0.25, 0.3) is 0 Å². The maximum atomic E-state index is 11.6. The summed E-state index contributed by atoms with van der Waals surface area (Å²) in [7, 11) is 1.37. The zero-order valence-electron chi connectivity index (χ0n) is 10.8. The molecule has 0 saturated heterocycles. The molecule has 0 heterocycles. The Morgan fingerprint density at radius 1 is 1.56 bits per heavy atom. The average molecular weight is 266 g/mol. The molecule has 5 heteroatoms. The number of carbonyl (C=O) groups excluding carboxylic acids is 1. The summed E-state index contributed by atoms with van der Waals surface area (Å²) in [5.41, 5.74) is 8.21. The molecule has 0 bridgehead atoms. The second-order valence-electron chi connectivity index (χ2n) is 3.99. The van der Waals surface area contributed by atoms with E-state index >= 15 is 0 Å². The fraction of sp³-hybridized carbons (Fsp3) is 0.385. The van der Waals surface area contributed by atoms with Gasteiger partial charge in [0.05, 0.1) is 7.11 Å². The Balaban J connectivity index is 3.09. The van der Waals surface area contributed by atoms with Crippen LogP contribution in [0.5, 0.6) is 0 Å². The molecule has 0 aromatic heterocycles. The molecule has 0 amide bonds. The molecule has 0 aliphatic carbocycles. The molecule has 1 unspecified atom stereocenters. The predicted octanol–water partition coefficient (Wildman–Crippen LogP) is 1.99. The molecule has 98 valence electrons. The minimum absolute atomic E-state index is 0.297. The van der Waals surface area contributed by atoms with E-state index in [-0.39, 0.29) is 5.97 Å². The van der Waals surface area contributed by atoms with Crippen LogP contribution in [0.3, 0.4) is 0 Å². The van der Waals surface area contributed by atoms with Crippen LogP contribution in [0.2, 0.25) is 0 Å². The topological polar surface area (TPSA) is 64.3 Å². The number of carbonyl (C=O) groups is 1. The third-order valence-electron chi connectivity index (χ3n) is 2.75. The Morgan fingerprint density at radius 3 is 2.72 bits per heavy atom. The molecule has 0 spiro atoms. The van der Waals surface area contributed by atoms with Gasteiger partial charge in [-0.3, -0.25) is 0 Å². The lowest BCUT2D eigenvalue weighted by atomic mass is 10.1. The Morgan fingerprint density at radius 2 is 2.22 bits per heavy atom. The highest BCUT2D eigenvalue weighted by atomic mass is 32.1. The van der Waals surface area contributed by atoms with Crippen molar-refractivity contribution in [3.05, 3.63) is 29.3 Å². The highest BCUT2D eigenvalue weighted by molar-refractivity contribution is 7.80. The zero-order valence-corrected chi connectivity index (χ0v) is 11.6. The van der Waals surface area contributed by atoms with Crippen molar-refractivity contribution in [2.45, 2.75) is 26.3 Å². The lowest BCUT2D eigenvalue weighted by molar-refractivity contribution is -0.141. The SMILES string of the molecule is CCC(Nc1c(C)cccc1C(N)=S)C(=O)OC. The van der Waals surface area contributed by atoms with Crippen molar-refractivity contribution in [2.75, 3.05) is 12.4 Å². The van der Waals surface area contributed by atoms with Gasteiger partial charge in [0.2, 0.25) is 0 Å². The van der Waals surface area contributed by atoms with Gasteiger partial charge in [-0.15, -0.1) is 0 Å². The van der Waals surface area contributed by atoms with Gasteiger partial charge < -0.3 is 15.8 Å². The number of hydrogen-bond acceptors (Lipinski definition) is 4. The van der Waals surface area contributed by atoms with E-state index in [1.54, 1.807) is 0 Å². The largest absolute Gasteiger partial charge is 0.467 e. The molecule has 0 aliphatic rings. The smallest absolute Gasteiger partial charge is 0.328 e. The van der Waals surface area contributed by atoms with E-state index in [2.05, 4.69) is 5.32 Å². The number of anilines is 1. The maximum absolute atomic E-state index is 11.6. The fourth-order valence-corrected chi connectivity index (χ4v) is 1.88. The van der Waals surface area contributed by atoms with Crippen molar-refractivity contribution >= 4 is 28.9 Å². The minimum Gasteiger partial charge on any atom is -0.467 e. The number of hydrogen-bond donors (Lipinski definition) is 2. The van der Waals surface area contributed by atoms with Crippen LogP contribution in [0.1, 0.15) is 24.5 Å². The predicted molar refractivity (Wildman–Crippen MR) is 76.8 cm³/mol. The van der Waals surface area contributed by atoms with E-state index in [4.69, 9.17) is 22.7 Å². The van der Waals surface area contributed by atoms with E-state index < -0.39 is 6.04 Å². The monoisotopic (exact) mass is 266 g/mol. The number of benzene rings is 1. The molecule has 3 N–H and O–H groups in total. The summed E-state index contributed by atoms with van der Waals surface area (Å²) in [5, 5.41) is 3.16. The number of aryl methyl sites for hydroxylation is 1. The summed E-state index contributed by atoms with van der Waals surface area (Å²) in [5.74, 6) is -0.297. The van der Waals surface area contributed by atoms with Crippen LogP contribution in [-0.4, -0.2) is 24.1 Å². The molecule has 0 aliphatic heterocycles. The number of thiocarbonyl (C=S) groups is 1. The van der Waals surface area contributed by atoms with Crippen molar-refractivity contribution in [3.8, 4) is 0 Å². The molecule has 1 rings (SSSR count). The average Bonchev–Trinajstić information content (AvgIpc) is 2.36. The molecule has 1 aromatic carbocycles. The van der Waals surface area contributed by atoms with E-state index in [0.29, 0.717) is 11.4 Å². The summed E-state index contributed by atoms with van der Waals surface area (Å²) in [4.78, 5) is 11.9. The van der Waals surface area contributed by atoms with Gasteiger partial charge in [0, 0.05) is 11.3 Å². The molecule has 0 fully saturated rings. The Hall–Kier alpha value is -1.62. The number of rotatable bonds is 5. The number of para-hydroxylation sites is 1. The summed E-state index contributed by atoms with van der Waals surface area (Å²) in [6.07, 6.45) is 0.623. The van der Waals surface area contributed by atoms with E-state index in [9.17, 15) is 4.79 Å². The van der Waals surface area contributed by atoms with Crippen molar-refractivity contribution in [3.63, 3.8) is 0 Å². The van der Waals surface area contributed by atoms with Crippen LogP contribution in [0.4, 0.5) is 5.69 Å². The maximum Gasteiger partial charge on any atom is 0.328 e. The zero-order chi connectivity index (χ0) is 13.7. The number of esters is 1. The molecular formula is C13H18N2O2S. The quantitative estimate of drug-likeness (QED) is 0.630. The standard InChI is InChI=1S/C13H18N2O2S/c1-4-10(13(16)17-3)15-11-8(2)6-5-7-9(11)12(14)18/h5-7,10,15H,4H2,1-3H3,(H2,14,18). The highest BCUT2D eigenvalue weighted by Gasteiger charge is 2.19. The van der Waals surface area contributed by atoms with Crippen molar-refractivity contribution in [2.24, 2.45) is 5.73 Å². The summed E-state index contributed by atoms with van der Waals surface area (Å²) in [6, 6.07) is 5.26. The summed E-state index contributed by atoms with van der Waals surface area (Å²) < 4.78 is 4.75. The van der Waals surface area contributed by atoms with Gasteiger partial charge in [-0.25, -0.2) is 4.79 Å². The number of methoxy groups -OCH3 is 1. The number of nitrogens with two attached hydrogens (primary N) is 1. The van der Waals surface area contributed by atoms with E-state index in [1.807, 2.05) is 32.0 Å². The molecule has 1 aromatic rings. The van der Waals surface area contributed by atoms with Crippen molar-refractivity contribution in [1.82, 2.24) is 0 Å². The Bertz CT molecular complexity index is 460. The first-order valence-corrected chi connectivity index (χ1v) is 6.15. The second-order valence-corrected chi connectivity index (χ2v) is 4.43. The lowest BCUT2D eigenvalue weighted by Gasteiger charge is -2.20. The van der Waals surface area contributed by atoms with Crippen molar-refractivity contribution in [1.29, 1.82) is 0 Å². The molecule has 18 heavy (non-hydrogen) atoms. The molecular weight excluding hydrogens is 248 g/mol. The number of ether oxygens (including phenoxy) is 1. The molecule has 4 nitrogen and oxygen atoms in total. The fourth-order valence-electron chi connectivity index (χ4n) is 1.71. The van der Waals surface area contributed by atoms with E-state index in [1.165, 1.54) is 7.11 Å². The van der Waals surface area contributed by atoms with Gasteiger partial charge in [-0.1, -0.05) is 31.3 Å². The first-order chi connectivity index (χ1) is 8.51. The summed E-state index contributed by atoms with van der Waals surface area (Å²) in [6.45, 7) is 3.85. The molecule has 1 atom stereocenters. The van der Waals surface area contributed by atoms with Crippen molar-refractivity contribution < 1.29 is 9.53 Å². The van der Waals surface area contributed by atoms with Gasteiger partial charge >= 0.3 is 5.97 Å². The lowest BCUT2D eigenvalue weighted by Crippen LogP contribution is -2.31. The first-order valence-electron chi connectivity index (χ1n) is 5.75. The van der Waals surface area contributed by atoms with Crippen LogP contribution >= 0.6 is 12.2 Å². The van der Waals surface area contributed by atoms with Gasteiger partial charge in [0.1, 0.15) is 11.0 Å². The minimum atomic E-state index is -0.399. The van der Waals surface area contributed by atoms with Gasteiger partial charge in [0.15, 0.2) is 0 Å². The Labute approximate surface area is 113 Å². The van der Waals surface area contributed by atoms with Gasteiger partial charge in [-0.2, -0.15) is 0 Å². The Kier molecular flexibility index (Phi) is 5.09. The summed E-state index contributed by atoms with van der Waals surface area (Å²) >= 11 is 5.01. The second kappa shape index (κ2) is 6.35. The number of nitrogens with one attached hydrogen (secondary N) is 1. The van der Waals surface area contributed by atoms with Crippen LogP contribution in [0, 0.1) is 6.92 Å².